The number of sulfonamides is 1. The lowest BCUT2D eigenvalue weighted by Crippen LogP contribution is -2.31. The van der Waals surface area contributed by atoms with Crippen LogP contribution in [0, 0.1) is 18.2 Å². The van der Waals surface area contributed by atoms with Gasteiger partial charge >= 0.3 is 5.97 Å². The van der Waals surface area contributed by atoms with Gasteiger partial charge in [-0.2, -0.15) is 4.72 Å². The average Bonchev–Trinajstić information content (AvgIpc) is 2.31. The molecule has 8 heteroatoms. The minimum atomic E-state index is -4.12. The summed E-state index contributed by atoms with van der Waals surface area (Å²) in [5.74, 6) is -0.552. The Morgan fingerprint density at radius 1 is 1.58 bits per heavy atom. The maximum absolute atomic E-state index is 13.4. The topological polar surface area (TPSA) is 83.5 Å². The van der Waals surface area contributed by atoms with Crippen LogP contribution in [0.2, 0.25) is 5.02 Å². The molecule has 1 unspecified atom stereocenters. The molecule has 5 nitrogen and oxygen atoms in total. The standard InChI is InChI=1S/C11H9ClFNO4S/c1-3-6(2)14-19(17,18)7-4-8(11(15)16)10(12)9(13)5-7/h1,4-6,14H,2H3,(H,15,16). The summed E-state index contributed by atoms with van der Waals surface area (Å²) in [4.78, 5) is 10.3. The van der Waals surface area contributed by atoms with E-state index in [-0.39, 0.29) is 0 Å². The van der Waals surface area contributed by atoms with E-state index in [2.05, 4.69) is 10.6 Å². The smallest absolute Gasteiger partial charge is 0.337 e. The second-order valence-electron chi connectivity index (χ2n) is 3.58. The lowest BCUT2D eigenvalue weighted by atomic mass is 10.2. The van der Waals surface area contributed by atoms with Crippen LogP contribution in [0.5, 0.6) is 0 Å². The highest BCUT2D eigenvalue weighted by Crippen LogP contribution is 2.24. The second kappa shape index (κ2) is 5.57. The number of carbonyl (C=O) groups is 1. The Morgan fingerprint density at radius 2 is 2.16 bits per heavy atom. The lowest BCUT2D eigenvalue weighted by Gasteiger charge is -2.10. The Bertz CT molecular complexity index is 666. The molecule has 1 atom stereocenters. The van der Waals surface area contributed by atoms with Crippen LogP contribution in [0.25, 0.3) is 0 Å². The highest BCUT2D eigenvalue weighted by atomic mass is 35.5. The molecule has 0 saturated carbocycles. The van der Waals surface area contributed by atoms with Gasteiger partial charge < -0.3 is 5.11 Å². The van der Waals surface area contributed by atoms with Crippen molar-refractivity contribution in [2.24, 2.45) is 0 Å². The van der Waals surface area contributed by atoms with Crippen molar-refractivity contribution in [3.05, 3.63) is 28.5 Å². The number of halogens is 2. The Hall–Kier alpha value is -1.62. The summed E-state index contributed by atoms with van der Waals surface area (Å²) in [6.45, 7) is 1.40. The molecule has 2 N–H and O–H groups in total. The zero-order valence-electron chi connectivity index (χ0n) is 9.65. The molecule has 0 aromatic heterocycles. The van der Waals surface area contributed by atoms with E-state index in [1.54, 1.807) is 0 Å². The van der Waals surface area contributed by atoms with Crippen molar-refractivity contribution in [3.63, 3.8) is 0 Å². The van der Waals surface area contributed by atoms with E-state index < -0.39 is 43.3 Å². The summed E-state index contributed by atoms with van der Waals surface area (Å²) >= 11 is 5.44. The molecular formula is C11H9ClFNO4S. The van der Waals surface area contributed by atoms with Gasteiger partial charge in [0.15, 0.2) is 0 Å². The molecule has 0 amide bonds. The quantitative estimate of drug-likeness (QED) is 0.825. The fourth-order valence-corrected chi connectivity index (χ4v) is 2.60. The molecule has 0 aliphatic carbocycles. The van der Waals surface area contributed by atoms with Crippen LogP contribution in [0.1, 0.15) is 17.3 Å². The van der Waals surface area contributed by atoms with Crippen LogP contribution in [0.15, 0.2) is 17.0 Å². The maximum atomic E-state index is 13.4. The number of hydrogen-bond donors (Lipinski definition) is 2. The van der Waals surface area contributed by atoms with Gasteiger partial charge in [0.05, 0.1) is 21.5 Å². The van der Waals surface area contributed by atoms with Crippen molar-refractivity contribution in [2.45, 2.75) is 17.9 Å². The van der Waals surface area contributed by atoms with Crippen LogP contribution in [0.3, 0.4) is 0 Å². The number of carboxylic acid groups (broad SMARTS) is 1. The molecule has 19 heavy (non-hydrogen) atoms. The van der Waals surface area contributed by atoms with E-state index in [1.807, 2.05) is 0 Å². The normalized spacial score (nSPS) is 12.7. The average molecular weight is 306 g/mol. The number of rotatable bonds is 4. The third kappa shape index (κ3) is 3.44. The molecule has 0 fully saturated rings. The van der Waals surface area contributed by atoms with Gasteiger partial charge in [-0.15, -0.1) is 6.42 Å². The molecule has 1 aromatic carbocycles. The molecule has 102 valence electrons. The zero-order chi connectivity index (χ0) is 14.8. The molecule has 0 bridgehead atoms. The van der Waals surface area contributed by atoms with Gasteiger partial charge in [-0.3, -0.25) is 0 Å². The fraction of sp³-hybridized carbons (Fsp3) is 0.182. The third-order valence-corrected chi connectivity index (χ3v) is 4.03. The summed E-state index contributed by atoms with van der Waals surface area (Å²) in [6.07, 6.45) is 5.02. The zero-order valence-corrected chi connectivity index (χ0v) is 11.2. The highest BCUT2D eigenvalue weighted by molar-refractivity contribution is 7.89. The van der Waals surface area contributed by atoms with Crippen LogP contribution < -0.4 is 4.72 Å². The molecule has 0 aliphatic rings. The third-order valence-electron chi connectivity index (χ3n) is 2.12. The van der Waals surface area contributed by atoms with E-state index in [0.29, 0.717) is 6.07 Å². The predicted molar refractivity (Wildman–Crippen MR) is 67.0 cm³/mol. The highest BCUT2D eigenvalue weighted by Gasteiger charge is 2.22. The van der Waals surface area contributed by atoms with Gasteiger partial charge in [0.1, 0.15) is 5.82 Å². The number of terminal acetylenes is 1. The van der Waals surface area contributed by atoms with E-state index in [4.69, 9.17) is 23.1 Å². The van der Waals surface area contributed by atoms with E-state index >= 15 is 0 Å². The summed E-state index contributed by atoms with van der Waals surface area (Å²) in [6, 6.07) is 0.566. The summed E-state index contributed by atoms with van der Waals surface area (Å²) in [5, 5.41) is 8.15. The van der Waals surface area contributed by atoms with E-state index in [9.17, 15) is 17.6 Å². The lowest BCUT2D eigenvalue weighted by molar-refractivity contribution is 0.0696. The van der Waals surface area contributed by atoms with E-state index in [0.717, 1.165) is 6.07 Å². The van der Waals surface area contributed by atoms with Crippen LogP contribution in [-0.4, -0.2) is 25.5 Å². The van der Waals surface area contributed by atoms with Crippen molar-refractivity contribution in [1.82, 2.24) is 4.72 Å². The first kappa shape index (κ1) is 15.4. The van der Waals surface area contributed by atoms with Crippen molar-refractivity contribution in [1.29, 1.82) is 0 Å². The molecule has 0 radical (unpaired) electrons. The van der Waals surface area contributed by atoms with Gasteiger partial charge in [0.2, 0.25) is 10.0 Å². The van der Waals surface area contributed by atoms with Crippen LogP contribution in [0.4, 0.5) is 4.39 Å². The first-order valence-electron chi connectivity index (χ1n) is 4.90. The van der Waals surface area contributed by atoms with Crippen LogP contribution in [-0.2, 0) is 10.0 Å². The monoisotopic (exact) mass is 305 g/mol. The Kier molecular flexibility index (Phi) is 4.52. The summed E-state index contributed by atoms with van der Waals surface area (Å²) < 4.78 is 39.2. The SMILES string of the molecule is C#CC(C)NS(=O)(=O)c1cc(F)c(Cl)c(C(=O)O)c1. The fourth-order valence-electron chi connectivity index (χ4n) is 1.21. The number of aromatic carboxylic acids is 1. The first-order valence-corrected chi connectivity index (χ1v) is 6.76. The van der Waals surface area contributed by atoms with Crippen molar-refractivity contribution >= 4 is 27.6 Å². The summed E-state index contributed by atoms with van der Waals surface area (Å²) in [7, 11) is -4.12. The largest absolute Gasteiger partial charge is 0.478 e. The number of hydrogen-bond acceptors (Lipinski definition) is 3. The van der Waals surface area contributed by atoms with Gasteiger partial charge in [-0.05, 0) is 19.1 Å². The van der Waals surface area contributed by atoms with Gasteiger partial charge in [0, 0.05) is 0 Å². The molecule has 1 aromatic rings. The number of benzene rings is 1. The van der Waals surface area contributed by atoms with Gasteiger partial charge in [-0.1, -0.05) is 17.5 Å². The van der Waals surface area contributed by atoms with Crippen molar-refractivity contribution < 1.29 is 22.7 Å². The Morgan fingerprint density at radius 3 is 2.63 bits per heavy atom. The van der Waals surface area contributed by atoms with Gasteiger partial charge in [-0.25, -0.2) is 17.6 Å². The molecule has 0 saturated heterocycles. The molecular weight excluding hydrogens is 297 g/mol. The Labute approximate surface area is 114 Å². The van der Waals surface area contributed by atoms with Gasteiger partial charge in [0.25, 0.3) is 0 Å². The first-order chi connectivity index (χ1) is 8.69. The molecule has 0 aliphatic heterocycles. The second-order valence-corrected chi connectivity index (χ2v) is 5.67. The van der Waals surface area contributed by atoms with Crippen molar-refractivity contribution in [2.75, 3.05) is 0 Å². The van der Waals surface area contributed by atoms with Crippen molar-refractivity contribution in [3.8, 4) is 12.3 Å². The minimum absolute atomic E-state index is 0.561. The Balaban J connectivity index is 3.37. The number of nitrogens with one attached hydrogen (secondary N) is 1. The molecule has 1 rings (SSSR count). The predicted octanol–water partition coefficient (Wildman–Crippen LogP) is 1.48. The van der Waals surface area contributed by atoms with Crippen LogP contribution >= 0.6 is 11.6 Å². The van der Waals surface area contributed by atoms with E-state index in [1.165, 1.54) is 6.92 Å². The maximum Gasteiger partial charge on any atom is 0.337 e. The number of carboxylic acids is 1. The minimum Gasteiger partial charge on any atom is -0.478 e. The molecule has 0 spiro atoms. The molecule has 0 heterocycles. The summed E-state index contributed by atoms with van der Waals surface area (Å²) in [5.41, 5.74) is -0.643.